The number of rotatable bonds is 4. The summed E-state index contributed by atoms with van der Waals surface area (Å²) in [5.74, 6) is 0.706. The molecule has 3 rings (SSSR count). The molecule has 0 saturated heterocycles. The van der Waals surface area contributed by atoms with Crippen molar-refractivity contribution in [2.24, 2.45) is 0 Å². The van der Waals surface area contributed by atoms with Crippen molar-refractivity contribution < 1.29 is 13.7 Å². The number of halogens is 1. The first kappa shape index (κ1) is 14.9. The molecular weight excluding hydrogens is 301 g/mol. The first-order valence-corrected chi connectivity index (χ1v) is 6.88. The number of aryl methyl sites for hydroxylation is 1. The number of nitrogens with one attached hydrogen (secondary N) is 1. The van der Waals surface area contributed by atoms with Gasteiger partial charge in [0, 0.05) is 18.5 Å². The fourth-order valence-corrected chi connectivity index (χ4v) is 2.24. The lowest BCUT2D eigenvalue weighted by Crippen LogP contribution is -2.30. The van der Waals surface area contributed by atoms with Crippen LogP contribution in [0.25, 0.3) is 10.9 Å². The lowest BCUT2D eigenvalue weighted by molar-refractivity contribution is -0.115. The van der Waals surface area contributed by atoms with Crippen LogP contribution < -0.4 is 10.2 Å². The summed E-state index contributed by atoms with van der Waals surface area (Å²) in [7, 11) is 1.69. The van der Waals surface area contributed by atoms with E-state index in [2.05, 4.69) is 20.4 Å². The molecule has 0 aliphatic rings. The Balaban J connectivity index is 1.79. The molecule has 0 radical (unpaired) electrons. The highest BCUT2D eigenvalue weighted by Crippen LogP contribution is 2.23. The first-order chi connectivity index (χ1) is 11.0. The number of hydrogen-bond acceptors (Lipinski definition) is 6. The van der Waals surface area contributed by atoms with Crippen molar-refractivity contribution in [2.75, 3.05) is 23.8 Å². The van der Waals surface area contributed by atoms with Gasteiger partial charge in [0.05, 0.1) is 6.54 Å². The lowest BCUT2D eigenvalue weighted by Gasteiger charge is -2.18. The normalized spacial score (nSPS) is 10.7. The number of benzene rings is 1. The van der Waals surface area contributed by atoms with Crippen molar-refractivity contribution in [3.05, 3.63) is 42.2 Å². The summed E-state index contributed by atoms with van der Waals surface area (Å²) in [4.78, 5) is 21.8. The van der Waals surface area contributed by atoms with Crippen LogP contribution in [-0.2, 0) is 4.79 Å². The molecule has 7 nitrogen and oxygen atoms in total. The van der Waals surface area contributed by atoms with Crippen LogP contribution in [0.2, 0.25) is 0 Å². The highest BCUT2D eigenvalue weighted by Gasteiger charge is 2.14. The Morgan fingerprint density at radius 2 is 2.22 bits per heavy atom. The van der Waals surface area contributed by atoms with Crippen LogP contribution in [0.1, 0.15) is 5.76 Å². The molecule has 1 amide bonds. The third-order valence-electron chi connectivity index (χ3n) is 3.23. The molecular formula is C15H14FN5O2. The van der Waals surface area contributed by atoms with E-state index in [1.807, 2.05) is 0 Å². The van der Waals surface area contributed by atoms with Gasteiger partial charge in [0.2, 0.25) is 5.91 Å². The van der Waals surface area contributed by atoms with Gasteiger partial charge in [-0.15, -0.1) is 0 Å². The third-order valence-corrected chi connectivity index (χ3v) is 3.23. The van der Waals surface area contributed by atoms with E-state index in [1.54, 1.807) is 37.1 Å². The SMILES string of the molecule is Cc1cc(NC(=O)CN(C)c2ncnc3c(F)cccc23)no1. The molecule has 8 heteroatoms. The number of fused-ring (bicyclic) bond motifs is 1. The first-order valence-electron chi connectivity index (χ1n) is 6.88. The molecule has 2 heterocycles. The molecule has 3 aromatic rings. The molecule has 1 aromatic carbocycles. The van der Waals surface area contributed by atoms with E-state index < -0.39 is 5.82 Å². The number of aromatic nitrogens is 3. The van der Waals surface area contributed by atoms with Crippen molar-refractivity contribution >= 4 is 28.4 Å². The second-order valence-electron chi connectivity index (χ2n) is 5.06. The average Bonchev–Trinajstić information content (AvgIpc) is 2.92. The molecule has 2 aromatic heterocycles. The molecule has 0 aliphatic heterocycles. The van der Waals surface area contributed by atoms with Gasteiger partial charge in [-0.2, -0.15) is 0 Å². The van der Waals surface area contributed by atoms with Crippen molar-refractivity contribution in [1.82, 2.24) is 15.1 Å². The molecule has 1 N–H and O–H groups in total. The van der Waals surface area contributed by atoms with Crippen LogP contribution in [0.5, 0.6) is 0 Å². The summed E-state index contributed by atoms with van der Waals surface area (Å²) < 4.78 is 18.7. The second kappa shape index (κ2) is 5.99. The zero-order valence-electron chi connectivity index (χ0n) is 12.6. The quantitative estimate of drug-likeness (QED) is 0.794. The van der Waals surface area contributed by atoms with Gasteiger partial charge in [0.25, 0.3) is 0 Å². The van der Waals surface area contributed by atoms with Gasteiger partial charge in [-0.3, -0.25) is 4.79 Å². The standard InChI is InChI=1S/C15H14FN5O2/c1-9-6-12(20-23-9)19-13(22)7-21(2)15-10-4-3-5-11(16)14(10)17-8-18-15/h3-6,8H,7H2,1-2H3,(H,19,20,22). The highest BCUT2D eigenvalue weighted by atomic mass is 19.1. The zero-order valence-corrected chi connectivity index (χ0v) is 12.6. The van der Waals surface area contributed by atoms with Crippen molar-refractivity contribution in [3.63, 3.8) is 0 Å². The summed E-state index contributed by atoms with van der Waals surface area (Å²) in [5, 5.41) is 6.86. The van der Waals surface area contributed by atoms with E-state index in [0.29, 0.717) is 22.8 Å². The summed E-state index contributed by atoms with van der Waals surface area (Å²) in [6.45, 7) is 1.75. The molecule has 118 valence electrons. The van der Waals surface area contributed by atoms with Crippen molar-refractivity contribution in [2.45, 2.75) is 6.92 Å². The molecule has 0 spiro atoms. The Labute approximate surface area is 131 Å². The Bertz CT molecular complexity index is 864. The molecule has 0 fully saturated rings. The summed E-state index contributed by atoms with van der Waals surface area (Å²) in [5.41, 5.74) is 0.219. The fraction of sp³-hybridized carbons (Fsp3) is 0.200. The van der Waals surface area contributed by atoms with E-state index in [1.165, 1.54) is 12.4 Å². The molecule has 0 saturated carbocycles. The van der Waals surface area contributed by atoms with Crippen molar-refractivity contribution in [3.8, 4) is 0 Å². The maximum absolute atomic E-state index is 13.8. The van der Waals surface area contributed by atoms with Crippen LogP contribution >= 0.6 is 0 Å². The van der Waals surface area contributed by atoms with Crippen LogP contribution in [0.4, 0.5) is 16.0 Å². The number of amides is 1. The number of nitrogens with zero attached hydrogens (tertiary/aromatic N) is 4. The second-order valence-corrected chi connectivity index (χ2v) is 5.06. The van der Waals surface area contributed by atoms with Crippen molar-refractivity contribution in [1.29, 1.82) is 0 Å². The van der Waals surface area contributed by atoms with E-state index >= 15 is 0 Å². The van der Waals surface area contributed by atoms with E-state index in [4.69, 9.17) is 4.52 Å². The minimum absolute atomic E-state index is 0.0224. The van der Waals surface area contributed by atoms with E-state index in [-0.39, 0.29) is 18.0 Å². The zero-order chi connectivity index (χ0) is 16.4. The summed E-state index contributed by atoms with van der Waals surface area (Å²) >= 11 is 0. The molecule has 0 aliphatic carbocycles. The molecule has 0 atom stereocenters. The van der Waals surface area contributed by atoms with Gasteiger partial charge >= 0.3 is 0 Å². The Hall–Kier alpha value is -3.03. The molecule has 0 unspecified atom stereocenters. The van der Waals surface area contributed by atoms with Crippen LogP contribution in [0.3, 0.4) is 0 Å². The Morgan fingerprint density at radius 3 is 2.96 bits per heavy atom. The third kappa shape index (κ3) is 3.10. The summed E-state index contributed by atoms with van der Waals surface area (Å²) in [6.07, 6.45) is 1.27. The minimum atomic E-state index is -0.429. The maximum Gasteiger partial charge on any atom is 0.245 e. The Morgan fingerprint density at radius 1 is 1.39 bits per heavy atom. The number of hydrogen-bond donors (Lipinski definition) is 1. The Kier molecular flexibility index (Phi) is 3.88. The van der Waals surface area contributed by atoms with Crippen LogP contribution in [0.15, 0.2) is 35.1 Å². The predicted octanol–water partition coefficient (Wildman–Crippen LogP) is 2.14. The van der Waals surface area contributed by atoms with Gasteiger partial charge in [-0.05, 0) is 19.1 Å². The summed E-state index contributed by atoms with van der Waals surface area (Å²) in [6, 6.07) is 6.24. The van der Waals surface area contributed by atoms with Gasteiger partial charge in [-0.25, -0.2) is 14.4 Å². The minimum Gasteiger partial charge on any atom is -0.360 e. The van der Waals surface area contributed by atoms with Gasteiger partial charge in [-0.1, -0.05) is 11.2 Å². The lowest BCUT2D eigenvalue weighted by atomic mass is 10.2. The van der Waals surface area contributed by atoms with E-state index in [9.17, 15) is 9.18 Å². The van der Waals surface area contributed by atoms with Gasteiger partial charge in [0.15, 0.2) is 5.82 Å². The van der Waals surface area contributed by atoms with Crippen LogP contribution in [0, 0.1) is 12.7 Å². The number of carbonyl (C=O) groups is 1. The highest BCUT2D eigenvalue weighted by molar-refractivity contribution is 5.95. The topological polar surface area (TPSA) is 84.2 Å². The van der Waals surface area contributed by atoms with Crippen LogP contribution in [-0.4, -0.2) is 34.6 Å². The average molecular weight is 315 g/mol. The van der Waals surface area contributed by atoms with Gasteiger partial charge in [0.1, 0.15) is 29.2 Å². The number of para-hydroxylation sites is 1. The largest absolute Gasteiger partial charge is 0.360 e. The maximum atomic E-state index is 13.8. The monoisotopic (exact) mass is 315 g/mol. The number of anilines is 2. The van der Waals surface area contributed by atoms with E-state index in [0.717, 1.165) is 0 Å². The fourth-order valence-electron chi connectivity index (χ4n) is 2.24. The predicted molar refractivity (Wildman–Crippen MR) is 82.6 cm³/mol. The van der Waals surface area contributed by atoms with Gasteiger partial charge < -0.3 is 14.7 Å². The number of carbonyl (C=O) groups excluding carboxylic acids is 1. The molecule has 0 bridgehead atoms. The number of likely N-dealkylation sites (N-methyl/N-ethyl adjacent to an activating group) is 1. The smallest absolute Gasteiger partial charge is 0.245 e. The molecule has 23 heavy (non-hydrogen) atoms.